The average Bonchev–Trinajstić information content (AvgIpc) is 2.88. The lowest BCUT2D eigenvalue weighted by molar-refractivity contribution is 0.117. The summed E-state index contributed by atoms with van der Waals surface area (Å²) in [6.45, 7) is 4.91. The molecule has 0 aliphatic carbocycles. The molecule has 0 aliphatic heterocycles. The highest BCUT2D eigenvalue weighted by molar-refractivity contribution is 5.88. The minimum atomic E-state index is -1.50. The third-order valence-corrected chi connectivity index (χ3v) is 6.27. The second-order valence-corrected chi connectivity index (χ2v) is 8.33. The molecule has 0 radical (unpaired) electrons. The van der Waals surface area contributed by atoms with E-state index in [4.69, 9.17) is 9.47 Å². The van der Waals surface area contributed by atoms with Crippen LogP contribution in [0.15, 0.2) is 103 Å². The lowest BCUT2D eigenvalue weighted by atomic mass is 9.78. The smallest absolute Gasteiger partial charge is 0.147 e. The fourth-order valence-electron chi connectivity index (χ4n) is 4.69. The van der Waals surface area contributed by atoms with Crippen molar-refractivity contribution in [3.63, 3.8) is 0 Å². The van der Waals surface area contributed by atoms with Crippen molar-refractivity contribution in [2.45, 2.75) is 19.4 Å². The molecule has 3 heteroatoms. The van der Waals surface area contributed by atoms with Gasteiger partial charge < -0.3 is 14.6 Å². The molecule has 5 rings (SSSR count). The van der Waals surface area contributed by atoms with Gasteiger partial charge in [-0.15, -0.1) is 0 Å². The Morgan fingerprint density at radius 1 is 0.559 bits per heavy atom. The third-order valence-electron chi connectivity index (χ3n) is 6.27. The molecule has 0 amide bonds. The zero-order valence-electron chi connectivity index (χ0n) is 19.5. The van der Waals surface area contributed by atoms with Gasteiger partial charge in [-0.3, -0.25) is 0 Å². The number of benzene rings is 5. The Balaban J connectivity index is 1.89. The molecule has 170 valence electrons. The molecule has 0 spiro atoms. The quantitative estimate of drug-likeness (QED) is 0.271. The van der Waals surface area contributed by atoms with Gasteiger partial charge in [-0.1, -0.05) is 78.9 Å². The maximum Gasteiger partial charge on any atom is 0.147 e. The van der Waals surface area contributed by atoms with Crippen LogP contribution in [0.2, 0.25) is 0 Å². The van der Waals surface area contributed by atoms with Crippen LogP contribution in [0, 0.1) is 0 Å². The monoisotopic (exact) mass is 448 g/mol. The second-order valence-electron chi connectivity index (χ2n) is 8.33. The van der Waals surface area contributed by atoms with Crippen LogP contribution in [0.3, 0.4) is 0 Å². The number of hydrogen-bond acceptors (Lipinski definition) is 3. The van der Waals surface area contributed by atoms with E-state index in [1.54, 1.807) is 0 Å². The normalized spacial score (nSPS) is 11.6. The molecule has 0 aromatic heterocycles. The first-order valence-electron chi connectivity index (χ1n) is 11.7. The van der Waals surface area contributed by atoms with E-state index in [-0.39, 0.29) is 0 Å². The Kier molecular flexibility index (Phi) is 5.95. The molecule has 0 heterocycles. The molecule has 1 N–H and O–H groups in total. The molecule has 0 aliphatic rings. The van der Waals surface area contributed by atoms with Gasteiger partial charge in [0, 0.05) is 11.1 Å². The first kappa shape index (κ1) is 22.0. The SMILES string of the molecule is CCOc1cc2ccccc2cc1C(O)(c1ccccc1)c1cc2ccccc2cc1OCC. The first-order chi connectivity index (χ1) is 16.6. The molecular weight excluding hydrogens is 420 g/mol. The molecule has 3 nitrogen and oxygen atoms in total. The van der Waals surface area contributed by atoms with E-state index in [1.165, 1.54) is 0 Å². The highest BCUT2D eigenvalue weighted by atomic mass is 16.5. The van der Waals surface area contributed by atoms with Crippen molar-refractivity contribution in [2.75, 3.05) is 13.2 Å². The van der Waals surface area contributed by atoms with Gasteiger partial charge in [0.15, 0.2) is 0 Å². The van der Waals surface area contributed by atoms with Crippen LogP contribution in [0.1, 0.15) is 30.5 Å². The number of rotatable bonds is 7. The van der Waals surface area contributed by atoms with Crippen molar-refractivity contribution in [1.29, 1.82) is 0 Å². The zero-order chi connectivity index (χ0) is 23.5. The van der Waals surface area contributed by atoms with Crippen LogP contribution < -0.4 is 9.47 Å². The fourth-order valence-corrected chi connectivity index (χ4v) is 4.69. The Morgan fingerprint density at radius 3 is 1.35 bits per heavy atom. The van der Waals surface area contributed by atoms with Gasteiger partial charge in [0.1, 0.15) is 17.1 Å². The van der Waals surface area contributed by atoms with Crippen molar-refractivity contribution in [3.8, 4) is 11.5 Å². The first-order valence-corrected chi connectivity index (χ1v) is 11.7. The molecule has 0 unspecified atom stereocenters. The number of aliphatic hydroxyl groups is 1. The number of fused-ring (bicyclic) bond motifs is 2. The van der Waals surface area contributed by atoms with E-state index >= 15 is 0 Å². The lowest BCUT2D eigenvalue weighted by Gasteiger charge is -2.33. The molecule has 0 saturated carbocycles. The molecule has 5 aromatic rings. The highest BCUT2D eigenvalue weighted by Gasteiger charge is 2.39. The molecular formula is C31H28O3. The maximum absolute atomic E-state index is 12.8. The summed E-state index contributed by atoms with van der Waals surface area (Å²) in [7, 11) is 0. The van der Waals surface area contributed by atoms with Crippen LogP contribution in [-0.2, 0) is 5.60 Å². The fraction of sp³-hybridized carbons (Fsp3) is 0.161. The van der Waals surface area contributed by atoms with Gasteiger partial charge in [0.25, 0.3) is 0 Å². The predicted octanol–water partition coefficient (Wildman–Crippen LogP) is 7.07. The summed E-state index contributed by atoms with van der Waals surface area (Å²) < 4.78 is 12.2. The average molecular weight is 449 g/mol. The summed E-state index contributed by atoms with van der Waals surface area (Å²) in [5.74, 6) is 1.31. The highest BCUT2D eigenvalue weighted by Crippen LogP contribution is 2.47. The summed E-state index contributed by atoms with van der Waals surface area (Å²) >= 11 is 0. The Morgan fingerprint density at radius 2 is 0.941 bits per heavy atom. The summed E-state index contributed by atoms with van der Waals surface area (Å²) in [5.41, 5.74) is 0.637. The molecule has 5 aromatic carbocycles. The van der Waals surface area contributed by atoms with Gasteiger partial charge in [0.2, 0.25) is 0 Å². The molecule has 0 saturated heterocycles. The van der Waals surface area contributed by atoms with Crippen molar-refractivity contribution in [1.82, 2.24) is 0 Å². The Hall–Kier alpha value is -3.82. The molecule has 34 heavy (non-hydrogen) atoms. The summed E-state index contributed by atoms with van der Waals surface area (Å²) in [4.78, 5) is 0. The van der Waals surface area contributed by atoms with Crippen molar-refractivity contribution in [3.05, 3.63) is 120 Å². The van der Waals surface area contributed by atoms with Crippen molar-refractivity contribution >= 4 is 21.5 Å². The van der Waals surface area contributed by atoms with E-state index in [0.29, 0.717) is 35.8 Å². The molecule has 0 fully saturated rings. The van der Waals surface area contributed by atoms with Crippen LogP contribution in [0.5, 0.6) is 11.5 Å². The van der Waals surface area contributed by atoms with Crippen LogP contribution in [0.25, 0.3) is 21.5 Å². The van der Waals surface area contributed by atoms with Gasteiger partial charge in [-0.2, -0.15) is 0 Å². The number of ether oxygens (including phenoxy) is 2. The largest absolute Gasteiger partial charge is 0.493 e. The van der Waals surface area contributed by atoms with E-state index < -0.39 is 5.60 Å². The van der Waals surface area contributed by atoms with E-state index in [1.807, 2.05) is 92.7 Å². The van der Waals surface area contributed by atoms with Crippen LogP contribution in [0.4, 0.5) is 0 Å². The molecule has 0 bridgehead atoms. The third kappa shape index (κ3) is 3.78. The summed E-state index contributed by atoms with van der Waals surface area (Å²) in [5, 5.41) is 17.0. The molecule has 0 atom stereocenters. The van der Waals surface area contributed by atoms with Crippen LogP contribution in [-0.4, -0.2) is 18.3 Å². The van der Waals surface area contributed by atoms with E-state index in [9.17, 15) is 5.11 Å². The Labute approximate surface area is 200 Å². The zero-order valence-corrected chi connectivity index (χ0v) is 19.5. The summed E-state index contributed by atoms with van der Waals surface area (Å²) in [6, 6.07) is 34.2. The van der Waals surface area contributed by atoms with Gasteiger partial charge in [-0.25, -0.2) is 0 Å². The number of hydrogen-bond donors (Lipinski definition) is 1. The summed E-state index contributed by atoms with van der Waals surface area (Å²) in [6.07, 6.45) is 0. The van der Waals surface area contributed by atoms with Crippen molar-refractivity contribution < 1.29 is 14.6 Å². The van der Waals surface area contributed by atoms with E-state index in [0.717, 1.165) is 27.1 Å². The topological polar surface area (TPSA) is 38.7 Å². The van der Waals surface area contributed by atoms with Gasteiger partial charge >= 0.3 is 0 Å². The Bertz CT molecular complexity index is 1350. The van der Waals surface area contributed by atoms with E-state index in [2.05, 4.69) is 24.3 Å². The van der Waals surface area contributed by atoms with Gasteiger partial charge in [-0.05, 0) is 65.2 Å². The second kappa shape index (κ2) is 9.20. The standard InChI is InChI=1S/C31H28O3/c1-3-33-29-20-24-14-10-8-12-22(24)18-27(29)31(32,26-16-6-5-7-17-26)28-19-23-13-9-11-15-25(23)21-30(28)34-4-2/h5-21,32H,3-4H2,1-2H3. The maximum atomic E-state index is 12.8. The minimum absolute atomic E-state index is 0.492. The van der Waals surface area contributed by atoms with Crippen LogP contribution >= 0.6 is 0 Å². The van der Waals surface area contributed by atoms with Crippen molar-refractivity contribution in [2.24, 2.45) is 0 Å². The minimum Gasteiger partial charge on any atom is -0.493 e. The lowest BCUT2D eigenvalue weighted by Crippen LogP contribution is -2.30. The predicted molar refractivity (Wildman–Crippen MR) is 139 cm³/mol. The van der Waals surface area contributed by atoms with Gasteiger partial charge in [0.05, 0.1) is 13.2 Å².